The molecule has 1 aromatic heterocycles. The van der Waals surface area contributed by atoms with Crippen molar-refractivity contribution in [1.29, 1.82) is 0 Å². The molecule has 0 aliphatic rings. The molecule has 25 heavy (non-hydrogen) atoms. The maximum absolute atomic E-state index is 11.0. The minimum absolute atomic E-state index is 0.0394. The summed E-state index contributed by atoms with van der Waals surface area (Å²) >= 11 is 1.28. The number of carbonyl (C=O) groups is 1. The molecule has 6 heteroatoms. The molecule has 0 aliphatic carbocycles. The molecule has 0 radical (unpaired) electrons. The Balaban J connectivity index is 1.64. The van der Waals surface area contributed by atoms with Crippen molar-refractivity contribution in [1.82, 2.24) is 4.98 Å². The fourth-order valence-electron chi connectivity index (χ4n) is 2.28. The second kappa shape index (κ2) is 7.81. The van der Waals surface area contributed by atoms with E-state index in [4.69, 9.17) is 14.6 Å². The van der Waals surface area contributed by atoms with Crippen LogP contribution in [0.1, 0.15) is 16.1 Å². The third-order valence-corrected chi connectivity index (χ3v) is 4.32. The average molecular weight is 355 g/mol. The Morgan fingerprint density at radius 2 is 1.92 bits per heavy atom. The van der Waals surface area contributed by atoms with Crippen LogP contribution in [0.4, 0.5) is 0 Å². The van der Waals surface area contributed by atoms with Gasteiger partial charge in [-0.25, -0.2) is 9.78 Å². The van der Waals surface area contributed by atoms with Crippen molar-refractivity contribution in [2.24, 2.45) is 0 Å². The van der Waals surface area contributed by atoms with Crippen LogP contribution >= 0.6 is 11.3 Å². The van der Waals surface area contributed by atoms with Crippen LogP contribution in [0.3, 0.4) is 0 Å². The van der Waals surface area contributed by atoms with Gasteiger partial charge in [0, 0.05) is 5.38 Å². The van der Waals surface area contributed by atoms with Crippen LogP contribution in [0.2, 0.25) is 0 Å². The van der Waals surface area contributed by atoms with Crippen LogP contribution in [-0.2, 0) is 0 Å². The lowest BCUT2D eigenvalue weighted by Gasteiger charge is -2.11. The van der Waals surface area contributed by atoms with Crippen LogP contribution in [0.25, 0.3) is 10.6 Å². The van der Waals surface area contributed by atoms with E-state index in [1.54, 1.807) is 0 Å². The second-order valence-corrected chi connectivity index (χ2v) is 6.21. The summed E-state index contributed by atoms with van der Waals surface area (Å²) in [6.07, 6.45) is 0. The van der Waals surface area contributed by atoms with Gasteiger partial charge in [0.2, 0.25) is 0 Å². The van der Waals surface area contributed by atoms with Crippen molar-refractivity contribution < 1.29 is 19.4 Å². The van der Waals surface area contributed by atoms with E-state index in [2.05, 4.69) is 4.98 Å². The van der Waals surface area contributed by atoms with Crippen LogP contribution in [0.15, 0.2) is 53.9 Å². The molecule has 5 nitrogen and oxygen atoms in total. The number of para-hydroxylation sites is 1. The van der Waals surface area contributed by atoms with Gasteiger partial charge in [0.1, 0.15) is 29.7 Å². The number of hydrogen-bond donors (Lipinski definition) is 1. The monoisotopic (exact) mass is 355 g/mol. The fourth-order valence-corrected chi connectivity index (χ4v) is 3.10. The summed E-state index contributed by atoms with van der Waals surface area (Å²) in [6, 6.07) is 15.3. The fraction of sp³-hybridized carbons (Fsp3) is 0.158. The van der Waals surface area contributed by atoms with Gasteiger partial charge in [-0.05, 0) is 36.8 Å². The Bertz CT molecular complexity index is 875. The van der Waals surface area contributed by atoms with Crippen LogP contribution in [0, 0.1) is 6.92 Å². The molecule has 0 unspecified atom stereocenters. The number of aromatic carboxylic acids is 1. The molecule has 0 fully saturated rings. The number of aryl methyl sites for hydroxylation is 1. The molecule has 2 aromatic carbocycles. The number of thiazole rings is 1. The molecular weight excluding hydrogens is 338 g/mol. The number of ether oxygens (including phenoxy) is 2. The predicted molar refractivity (Wildman–Crippen MR) is 96.7 cm³/mol. The van der Waals surface area contributed by atoms with Gasteiger partial charge in [0.15, 0.2) is 5.69 Å². The highest BCUT2D eigenvalue weighted by Crippen LogP contribution is 2.32. The number of benzene rings is 2. The van der Waals surface area contributed by atoms with E-state index >= 15 is 0 Å². The third-order valence-electron chi connectivity index (χ3n) is 3.44. The summed E-state index contributed by atoms with van der Waals surface area (Å²) in [4.78, 5) is 15.1. The standard InChI is InChI=1S/C19H17NO4S/c1-13-5-4-6-14(11-13)23-9-10-24-17-8-3-2-7-15(17)18-20-16(12-25-18)19(21)22/h2-8,11-12H,9-10H2,1H3,(H,21,22). The molecule has 0 atom stereocenters. The van der Waals surface area contributed by atoms with Crippen molar-refractivity contribution in [2.45, 2.75) is 6.92 Å². The van der Waals surface area contributed by atoms with Crippen molar-refractivity contribution in [2.75, 3.05) is 13.2 Å². The summed E-state index contributed by atoms with van der Waals surface area (Å²) in [7, 11) is 0. The first-order chi connectivity index (χ1) is 12.1. The molecule has 1 N–H and O–H groups in total. The third kappa shape index (κ3) is 4.36. The van der Waals surface area contributed by atoms with Gasteiger partial charge in [-0.15, -0.1) is 11.3 Å². The minimum atomic E-state index is -1.03. The number of hydrogen-bond acceptors (Lipinski definition) is 5. The van der Waals surface area contributed by atoms with Gasteiger partial charge in [0.05, 0.1) is 5.56 Å². The highest BCUT2D eigenvalue weighted by molar-refractivity contribution is 7.13. The summed E-state index contributed by atoms with van der Waals surface area (Å²) < 4.78 is 11.5. The van der Waals surface area contributed by atoms with Crippen LogP contribution in [-0.4, -0.2) is 29.3 Å². The van der Waals surface area contributed by atoms with E-state index in [1.807, 2.05) is 55.5 Å². The molecule has 0 saturated heterocycles. The van der Waals surface area contributed by atoms with E-state index in [-0.39, 0.29) is 5.69 Å². The molecule has 0 bridgehead atoms. The molecule has 3 aromatic rings. The average Bonchev–Trinajstić information content (AvgIpc) is 3.09. The molecule has 1 heterocycles. The SMILES string of the molecule is Cc1cccc(OCCOc2ccccc2-c2nc(C(=O)O)cs2)c1. The number of aromatic nitrogens is 1. The van der Waals surface area contributed by atoms with E-state index < -0.39 is 5.97 Å². The lowest BCUT2D eigenvalue weighted by atomic mass is 10.2. The number of carboxylic acids is 1. The van der Waals surface area contributed by atoms with Crippen LogP contribution < -0.4 is 9.47 Å². The molecule has 0 aliphatic heterocycles. The van der Waals surface area contributed by atoms with Gasteiger partial charge in [-0.1, -0.05) is 24.3 Å². The zero-order valence-corrected chi connectivity index (χ0v) is 14.5. The number of carboxylic acid groups (broad SMARTS) is 1. The van der Waals surface area contributed by atoms with Crippen LogP contribution in [0.5, 0.6) is 11.5 Å². The smallest absolute Gasteiger partial charge is 0.355 e. The topological polar surface area (TPSA) is 68.7 Å². The Morgan fingerprint density at radius 1 is 1.12 bits per heavy atom. The van der Waals surface area contributed by atoms with E-state index in [9.17, 15) is 4.79 Å². The molecule has 0 saturated carbocycles. The normalized spacial score (nSPS) is 10.4. The number of nitrogens with zero attached hydrogens (tertiary/aromatic N) is 1. The second-order valence-electron chi connectivity index (χ2n) is 5.35. The van der Waals surface area contributed by atoms with Crippen molar-refractivity contribution in [3.8, 4) is 22.1 Å². The van der Waals surface area contributed by atoms with Crippen molar-refractivity contribution >= 4 is 17.3 Å². The van der Waals surface area contributed by atoms with Gasteiger partial charge in [-0.2, -0.15) is 0 Å². The largest absolute Gasteiger partial charge is 0.490 e. The molecule has 0 spiro atoms. The Labute approximate surface area is 149 Å². The first kappa shape index (κ1) is 17.0. The van der Waals surface area contributed by atoms with E-state index in [1.165, 1.54) is 16.7 Å². The summed E-state index contributed by atoms with van der Waals surface area (Å²) in [5, 5.41) is 11.2. The predicted octanol–water partition coefficient (Wildman–Crippen LogP) is 4.27. The van der Waals surface area contributed by atoms with Crippen molar-refractivity contribution in [3.05, 3.63) is 65.2 Å². The maximum Gasteiger partial charge on any atom is 0.355 e. The van der Waals surface area contributed by atoms with Gasteiger partial charge < -0.3 is 14.6 Å². The lowest BCUT2D eigenvalue weighted by Crippen LogP contribution is -2.09. The van der Waals surface area contributed by atoms with Gasteiger partial charge in [-0.3, -0.25) is 0 Å². The summed E-state index contributed by atoms with van der Waals surface area (Å²) in [5.74, 6) is 0.428. The summed E-state index contributed by atoms with van der Waals surface area (Å²) in [6.45, 7) is 2.80. The molecular formula is C19H17NO4S. The molecule has 3 rings (SSSR count). The Kier molecular flexibility index (Phi) is 5.30. The highest BCUT2D eigenvalue weighted by atomic mass is 32.1. The van der Waals surface area contributed by atoms with E-state index in [0.29, 0.717) is 24.0 Å². The zero-order chi connectivity index (χ0) is 17.6. The molecule has 128 valence electrons. The quantitative estimate of drug-likeness (QED) is 0.641. The van der Waals surface area contributed by atoms with Gasteiger partial charge >= 0.3 is 5.97 Å². The zero-order valence-electron chi connectivity index (χ0n) is 13.6. The Hall–Kier alpha value is -2.86. The maximum atomic E-state index is 11.0. The first-order valence-electron chi connectivity index (χ1n) is 7.74. The van der Waals surface area contributed by atoms with E-state index in [0.717, 1.165) is 16.9 Å². The highest BCUT2D eigenvalue weighted by Gasteiger charge is 2.13. The molecule has 0 amide bonds. The van der Waals surface area contributed by atoms with Gasteiger partial charge in [0.25, 0.3) is 0 Å². The Morgan fingerprint density at radius 3 is 2.68 bits per heavy atom. The lowest BCUT2D eigenvalue weighted by molar-refractivity contribution is 0.0691. The minimum Gasteiger partial charge on any atom is -0.490 e. The number of rotatable bonds is 7. The summed E-state index contributed by atoms with van der Waals surface area (Å²) in [5.41, 5.74) is 1.95. The van der Waals surface area contributed by atoms with Crippen molar-refractivity contribution in [3.63, 3.8) is 0 Å². The first-order valence-corrected chi connectivity index (χ1v) is 8.62.